The van der Waals surface area contributed by atoms with Crippen molar-refractivity contribution in [2.45, 2.75) is 25.3 Å². The van der Waals surface area contributed by atoms with Crippen LogP contribution in [0.3, 0.4) is 0 Å². The fourth-order valence-corrected chi connectivity index (χ4v) is 2.54. The first-order chi connectivity index (χ1) is 9.66. The molecule has 0 radical (unpaired) electrons. The molecule has 1 saturated carbocycles. The molecule has 2 aromatic rings. The smallest absolute Gasteiger partial charge is 0.339 e. The average molecular weight is 268 g/mol. The number of aromatic nitrogens is 1. The van der Waals surface area contributed by atoms with E-state index in [2.05, 4.69) is 22.4 Å². The first kappa shape index (κ1) is 12.7. The topological polar surface area (TPSA) is 62.2 Å². The highest BCUT2D eigenvalue weighted by atomic mass is 16.4. The molecule has 1 heterocycles. The molecule has 1 fully saturated rings. The van der Waals surface area contributed by atoms with Crippen LogP contribution in [0.2, 0.25) is 0 Å². The monoisotopic (exact) mass is 268 g/mol. The summed E-state index contributed by atoms with van der Waals surface area (Å²) in [6.07, 6.45) is 2.66. The summed E-state index contributed by atoms with van der Waals surface area (Å²) in [5, 5.41) is 12.5. The largest absolute Gasteiger partial charge is 0.478 e. The molecule has 2 unspecified atom stereocenters. The van der Waals surface area contributed by atoms with Gasteiger partial charge in [0.1, 0.15) is 11.4 Å². The van der Waals surface area contributed by atoms with Gasteiger partial charge in [0.2, 0.25) is 0 Å². The van der Waals surface area contributed by atoms with E-state index in [4.69, 9.17) is 0 Å². The standard InChI is InChI=1S/C16H16N2O2/c1-10-7-8-17-15(14(10)16(19)20)18-13-9-12(13)11-5-3-2-4-6-11/h2-8,12-13H,9H2,1H3,(H,17,18)(H,19,20). The van der Waals surface area contributed by atoms with Gasteiger partial charge in [-0.3, -0.25) is 0 Å². The Morgan fingerprint density at radius 2 is 2.05 bits per heavy atom. The maximum Gasteiger partial charge on any atom is 0.339 e. The molecule has 2 N–H and O–H groups in total. The summed E-state index contributed by atoms with van der Waals surface area (Å²) in [7, 11) is 0. The molecular formula is C16H16N2O2. The van der Waals surface area contributed by atoms with Gasteiger partial charge in [-0.25, -0.2) is 9.78 Å². The molecule has 4 heteroatoms. The maximum absolute atomic E-state index is 11.3. The molecule has 0 amide bonds. The third-order valence-corrected chi connectivity index (χ3v) is 3.71. The van der Waals surface area contributed by atoms with E-state index < -0.39 is 5.97 Å². The number of pyridine rings is 1. The van der Waals surface area contributed by atoms with Gasteiger partial charge >= 0.3 is 5.97 Å². The highest BCUT2D eigenvalue weighted by Crippen LogP contribution is 2.42. The number of benzene rings is 1. The molecule has 3 rings (SSSR count). The van der Waals surface area contributed by atoms with E-state index in [0.717, 1.165) is 12.0 Å². The number of carboxylic acid groups (broad SMARTS) is 1. The van der Waals surface area contributed by atoms with Gasteiger partial charge in [-0.2, -0.15) is 0 Å². The first-order valence-electron chi connectivity index (χ1n) is 6.67. The Bertz CT molecular complexity index is 640. The van der Waals surface area contributed by atoms with Gasteiger partial charge < -0.3 is 10.4 Å². The number of anilines is 1. The Balaban J connectivity index is 1.78. The van der Waals surface area contributed by atoms with Crippen LogP contribution in [0, 0.1) is 6.92 Å². The number of nitrogens with one attached hydrogen (secondary N) is 1. The summed E-state index contributed by atoms with van der Waals surface area (Å²) in [4.78, 5) is 15.5. The highest BCUT2D eigenvalue weighted by Gasteiger charge is 2.39. The summed E-state index contributed by atoms with van der Waals surface area (Å²) in [6, 6.07) is 12.2. The molecule has 0 aliphatic heterocycles. The summed E-state index contributed by atoms with van der Waals surface area (Å²) < 4.78 is 0. The van der Waals surface area contributed by atoms with E-state index in [1.54, 1.807) is 19.2 Å². The number of carboxylic acids is 1. The van der Waals surface area contributed by atoms with Crippen molar-refractivity contribution in [2.24, 2.45) is 0 Å². The zero-order valence-corrected chi connectivity index (χ0v) is 11.2. The lowest BCUT2D eigenvalue weighted by atomic mass is 10.1. The summed E-state index contributed by atoms with van der Waals surface area (Å²) >= 11 is 0. The molecule has 1 aliphatic carbocycles. The maximum atomic E-state index is 11.3. The fourth-order valence-electron chi connectivity index (χ4n) is 2.54. The van der Waals surface area contributed by atoms with E-state index >= 15 is 0 Å². The zero-order valence-electron chi connectivity index (χ0n) is 11.2. The second-order valence-electron chi connectivity index (χ2n) is 5.16. The zero-order chi connectivity index (χ0) is 14.1. The predicted octanol–water partition coefficient (Wildman–Crippen LogP) is 3.06. The van der Waals surface area contributed by atoms with E-state index in [0.29, 0.717) is 11.7 Å². The van der Waals surface area contributed by atoms with Crippen molar-refractivity contribution in [1.29, 1.82) is 0 Å². The van der Waals surface area contributed by atoms with Crippen LogP contribution in [0.4, 0.5) is 5.82 Å². The van der Waals surface area contributed by atoms with Crippen LogP contribution < -0.4 is 5.32 Å². The lowest BCUT2D eigenvalue weighted by Crippen LogP contribution is -2.12. The lowest BCUT2D eigenvalue weighted by molar-refractivity contribution is 0.0697. The molecule has 2 atom stereocenters. The van der Waals surface area contributed by atoms with Gasteiger partial charge in [0.25, 0.3) is 0 Å². The lowest BCUT2D eigenvalue weighted by Gasteiger charge is -2.10. The number of hydrogen-bond donors (Lipinski definition) is 2. The van der Waals surface area contributed by atoms with Gasteiger partial charge in [-0.1, -0.05) is 30.3 Å². The summed E-state index contributed by atoms with van der Waals surface area (Å²) in [6.45, 7) is 1.79. The van der Waals surface area contributed by atoms with E-state index in [9.17, 15) is 9.90 Å². The van der Waals surface area contributed by atoms with Crippen LogP contribution in [0.25, 0.3) is 0 Å². The van der Waals surface area contributed by atoms with Crippen LogP contribution in [0.15, 0.2) is 42.6 Å². The molecule has 20 heavy (non-hydrogen) atoms. The number of aryl methyl sites for hydroxylation is 1. The van der Waals surface area contributed by atoms with Crippen molar-refractivity contribution < 1.29 is 9.90 Å². The Labute approximate surface area is 117 Å². The van der Waals surface area contributed by atoms with Crippen molar-refractivity contribution >= 4 is 11.8 Å². The van der Waals surface area contributed by atoms with Crippen LogP contribution in [0.1, 0.15) is 33.8 Å². The quantitative estimate of drug-likeness (QED) is 0.894. The Kier molecular flexibility index (Phi) is 3.14. The minimum atomic E-state index is -0.935. The molecule has 1 aromatic carbocycles. The van der Waals surface area contributed by atoms with Gasteiger partial charge in [-0.05, 0) is 30.5 Å². The normalized spacial score (nSPS) is 20.4. The number of rotatable bonds is 4. The second-order valence-corrected chi connectivity index (χ2v) is 5.16. The van der Waals surface area contributed by atoms with Crippen LogP contribution in [-0.2, 0) is 0 Å². The van der Waals surface area contributed by atoms with Crippen molar-refractivity contribution in [3.63, 3.8) is 0 Å². The molecule has 0 saturated heterocycles. The van der Waals surface area contributed by atoms with Gasteiger partial charge in [0, 0.05) is 18.2 Å². The van der Waals surface area contributed by atoms with E-state index in [1.807, 2.05) is 18.2 Å². The number of nitrogens with zero attached hydrogens (tertiary/aromatic N) is 1. The Morgan fingerprint density at radius 3 is 2.75 bits per heavy atom. The molecule has 0 bridgehead atoms. The van der Waals surface area contributed by atoms with Gasteiger partial charge in [-0.15, -0.1) is 0 Å². The second kappa shape index (κ2) is 4.96. The van der Waals surface area contributed by atoms with Crippen molar-refractivity contribution in [3.05, 3.63) is 59.3 Å². The first-order valence-corrected chi connectivity index (χ1v) is 6.67. The SMILES string of the molecule is Cc1ccnc(NC2CC2c2ccccc2)c1C(=O)O. The number of aromatic carboxylic acids is 1. The van der Waals surface area contributed by atoms with Crippen LogP contribution in [-0.4, -0.2) is 22.1 Å². The van der Waals surface area contributed by atoms with Crippen molar-refractivity contribution in [1.82, 2.24) is 4.98 Å². The number of carbonyl (C=O) groups is 1. The van der Waals surface area contributed by atoms with Gasteiger partial charge in [0.05, 0.1) is 0 Å². The third-order valence-electron chi connectivity index (χ3n) is 3.71. The molecular weight excluding hydrogens is 252 g/mol. The van der Waals surface area contributed by atoms with Crippen molar-refractivity contribution in [2.75, 3.05) is 5.32 Å². The Morgan fingerprint density at radius 1 is 1.30 bits per heavy atom. The van der Waals surface area contributed by atoms with Crippen LogP contribution in [0.5, 0.6) is 0 Å². The summed E-state index contributed by atoms with van der Waals surface area (Å²) in [5.41, 5.74) is 2.28. The minimum absolute atomic E-state index is 0.268. The van der Waals surface area contributed by atoms with E-state index in [-0.39, 0.29) is 11.6 Å². The molecule has 0 spiro atoms. The predicted molar refractivity (Wildman–Crippen MR) is 77.1 cm³/mol. The average Bonchev–Trinajstić information content (AvgIpc) is 3.18. The van der Waals surface area contributed by atoms with Crippen molar-refractivity contribution in [3.8, 4) is 0 Å². The molecule has 1 aromatic heterocycles. The fraction of sp³-hybridized carbons (Fsp3) is 0.250. The molecule has 102 valence electrons. The Hall–Kier alpha value is -2.36. The highest BCUT2D eigenvalue weighted by molar-refractivity contribution is 5.94. The number of hydrogen-bond acceptors (Lipinski definition) is 3. The summed E-state index contributed by atoms with van der Waals surface area (Å²) in [5.74, 6) is -0.0175. The third kappa shape index (κ3) is 2.37. The van der Waals surface area contributed by atoms with E-state index in [1.165, 1.54) is 5.56 Å². The molecule has 1 aliphatic rings. The minimum Gasteiger partial charge on any atom is -0.478 e. The molecule has 4 nitrogen and oxygen atoms in total. The van der Waals surface area contributed by atoms with Gasteiger partial charge in [0.15, 0.2) is 0 Å². The van der Waals surface area contributed by atoms with Crippen LogP contribution >= 0.6 is 0 Å².